The van der Waals surface area contributed by atoms with E-state index in [0.717, 1.165) is 0 Å². The average Bonchev–Trinajstić information content (AvgIpc) is 2.53. The Kier molecular flexibility index (Phi) is 6.21. The fourth-order valence-corrected chi connectivity index (χ4v) is 2.44. The molecule has 0 saturated heterocycles. The molecule has 0 bridgehead atoms. The van der Waals surface area contributed by atoms with Crippen LogP contribution in [0.2, 0.25) is 5.02 Å². The number of ether oxygens (including phenoxy) is 1. The van der Waals surface area contributed by atoms with E-state index in [4.69, 9.17) is 22.1 Å². The molecule has 1 atom stereocenters. The predicted molar refractivity (Wildman–Crippen MR) is 84.5 cm³/mol. The number of hydrogen-bond donors (Lipinski definition) is 1. The van der Waals surface area contributed by atoms with Crippen LogP contribution in [0.25, 0.3) is 0 Å². The highest BCUT2D eigenvalue weighted by Crippen LogP contribution is 2.36. The van der Waals surface area contributed by atoms with Crippen LogP contribution in [0.5, 0.6) is 0 Å². The van der Waals surface area contributed by atoms with Crippen molar-refractivity contribution >= 4 is 11.6 Å². The van der Waals surface area contributed by atoms with E-state index in [1.54, 1.807) is 24.3 Å². The number of rotatable bonds is 5. The van der Waals surface area contributed by atoms with Gasteiger partial charge in [-0.2, -0.15) is 26.3 Å². The van der Waals surface area contributed by atoms with Crippen molar-refractivity contribution in [1.29, 1.82) is 0 Å². The van der Waals surface area contributed by atoms with Crippen LogP contribution >= 0.6 is 11.6 Å². The molecule has 0 saturated carbocycles. The van der Waals surface area contributed by atoms with Crippen molar-refractivity contribution < 1.29 is 31.1 Å². The monoisotopic (exact) mass is 397 g/mol. The zero-order valence-electron chi connectivity index (χ0n) is 13.2. The zero-order chi connectivity index (χ0) is 19.5. The van der Waals surface area contributed by atoms with Crippen LogP contribution in [0.15, 0.2) is 42.5 Å². The number of benzene rings is 2. The Labute approximate surface area is 150 Å². The second kappa shape index (κ2) is 7.85. The molecule has 9 heteroatoms. The van der Waals surface area contributed by atoms with Crippen molar-refractivity contribution in [3.63, 3.8) is 0 Å². The molecule has 0 aliphatic heterocycles. The second-order valence-electron chi connectivity index (χ2n) is 5.59. The molecule has 0 aliphatic carbocycles. The minimum Gasteiger partial charge on any atom is -0.375 e. The van der Waals surface area contributed by atoms with Gasteiger partial charge in [0.15, 0.2) is 0 Å². The van der Waals surface area contributed by atoms with Crippen LogP contribution in [0.4, 0.5) is 26.3 Å². The Morgan fingerprint density at radius 1 is 0.923 bits per heavy atom. The van der Waals surface area contributed by atoms with Gasteiger partial charge in [0.05, 0.1) is 30.4 Å². The van der Waals surface area contributed by atoms with Crippen molar-refractivity contribution in [3.05, 3.63) is 69.7 Å². The summed E-state index contributed by atoms with van der Waals surface area (Å²) in [5.41, 5.74) is 3.51. The highest BCUT2D eigenvalue weighted by Gasteiger charge is 2.36. The normalized spacial score (nSPS) is 13.7. The van der Waals surface area contributed by atoms with E-state index in [2.05, 4.69) is 0 Å². The van der Waals surface area contributed by atoms with Gasteiger partial charge in [-0.15, -0.1) is 0 Å². The molecule has 0 radical (unpaired) electrons. The van der Waals surface area contributed by atoms with Crippen LogP contribution < -0.4 is 5.73 Å². The minimum absolute atomic E-state index is 0.0706. The summed E-state index contributed by atoms with van der Waals surface area (Å²) in [4.78, 5) is 0. The maximum absolute atomic E-state index is 12.8. The summed E-state index contributed by atoms with van der Waals surface area (Å²) in [6.45, 7) is -0.542. The Morgan fingerprint density at radius 3 is 2.00 bits per heavy atom. The average molecular weight is 398 g/mol. The van der Waals surface area contributed by atoms with E-state index in [1.807, 2.05) is 0 Å². The number of nitrogens with two attached hydrogens (primary N) is 1. The van der Waals surface area contributed by atoms with Crippen molar-refractivity contribution in [3.8, 4) is 0 Å². The summed E-state index contributed by atoms with van der Waals surface area (Å²) in [7, 11) is 0. The first-order valence-electron chi connectivity index (χ1n) is 7.34. The molecule has 2 nitrogen and oxygen atoms in total. The van der Waals surface area contributed by atoms with Crippen LogP contribution in [0.1, 0.15) is 28.3 Å². The van der Waals surface area contributed by atoms with E-state index < -0.39 is 36.1 Å². The number of halogens is 7. The molecule has 0 amide bonds. The van der Waals surface area contributed by atoms with Crippen molar-refractivity contribution in [2.24, 2.45) is 5.73 Å². The lowest BCUT2D eigenvalue weighted by Crippen LogP contribution is -2.17. The molecule has 2 aromatic rings. The molecule has 0 fully saturated rings. The Hall–Kier alpha value is -1.77. The van der Waals surface area contributed by atoms with Gasteiger partial charge in [0.1, 0.15) is 0 Å². The van der Waals surface area contributed by atoms with Gasteiger partial charge in [0.2, 0.25) is 0 Å². The Balaban J connectivity index is 2.11. The van der Waals surface area contributed by atoms with Crippen molar-refractivity contribution in [1.82, 2.24) is 0 Å². The standard InChI is InChI=1S/C17H14ClF6NO/c18-14-3-1-2-11(6-14)15(25)9-26-8-10-4-12(16(19,20)21)7-13(5-10)17(22,23)24/h1-7,15H,8-9,25H2. The highest BCUT2D eigenvalue weighted by atomic mass is 35.5. The maximum atomic E-state index is 12.8. The van der Waals surface area contributed by atoms with Crippen LogP contribution in [0.3, 0.4) is 0 Å². The third kappa shape index (κ3) is 5.62. The third-order valence-corrected chi connectivity index (χ3v) is 3.73. The first-order valence-corrected chi connectivity index (χ1v) is 7.72. The largest absolute Gasteiger partial charge is 0.416 e. The minimum atomic E-state index is -4.90. The lowest BCUT2D eigenvalue weighted by Gasteiger charge is -2.16. The highest BCUT2D eigenvalue weighted by molar-refractivity contribution is 6.30. The lowest BCUT2D eigenvalue weighted by molar-refractivity contribution is -0.143. The molecule has 142 valence electrons. The lowest BCUT2D eigenvalue weighted by atomic mass is 10.1. The van der Waals surface area contributed by atoms with E-state index in [9.17, 15) is 26.3 Å². The van der Waals surface area contributed by atoms with Gasteiger partial charge in [-0.1, -0.05) is 23.7 Å². The van der Waals surface area contributed by atoms with Gasteiger partial charge in [-0.3, -0.25) is 0 Å². The number of hydrogen-bond acceptors (Lipinski definition) is 2. The van der Waals surface area contributed by atoms with E-state index in [-0.39, 0.29) is 18.2 Å². The van der Waals surface area contributed by atoms with Gasteiger partial charge in [-0.25, -0.2) is 0 Å². The molecule has 0 aliphatic rings. The summed E-state index contributed by atoms with van der Waals surface area (Å²) in [5, 5.41) is 0.450. The molecule has 2 rings (SSSR count). The molecule has 2 N–H and O–H groups in total. The van der Waals surface area contributed by atoms with E-state index >= 15 is 0 Å². The summed E-state index contributed by atoms with van der Waals surface area (Å²) < 4.78 is 82.0. The Morgan fingerprint density at radius 2 is 1.50 bits per heavy atom. The van der Waals surface area contributed by atoms with Crippen molar-refractivity contribution in [2.45, 2.75) is 25.0 Å². The summed E-state index contributed by atoms with van der Waals surface area (Å²) in [6, 6.07) is 7.29. The Bertz CT molecular complexity index is 727. The molecular weight excluding hydrogens is 384 g/mol. The molecule has 0 heterocycles. The first-order chi connectivity index (χ1) is 12.0. The molecule has 1 unspecified atom stereocenters. The number of alkyl halides is 6. The van der Waals surface area contributed by atoms with Gasteiger partial charge >= 0.3 is 12.4 Å². The van der Waals surface area contributed by atoms with Gasteiger partial charge in [-0.05, 0) is 41.5 Å². The molecule has 2 aromatic carbocycles. The summed E-state index contributed by atoms with van der Waals surface area (Å²) >= 11 is 5.83. The maximum Gasteiger partial charge on any atom is 0.416 e. The molecule has 26 heavy (non-hydrogen) atoms. The molecule has 0 aromatic heterocycles. The summed E-state index contributed by atoms with van der Waals surface area (Å²) in [5.74, 6) is 0. The SMILES string of the molecule is NC(COCc1cc(C(F)(F)F)cc(C(F)(F)F)c1)c1cccc(Cl)c1. The van der Waals surface area contributed by atoms with Gasteiger partial charge in [0, 0.05) is 5.02 Å². The third-order valence-electron chi connectivity index (χ3n) is 3.49. The quantitative estimate of drug-likeness (QED) is 0.667. The molecule has 0 spiro atoms. The van der Waals surface area contributed by atoms with Crippen LogP contribution in [-0.4, -0.2) is 6.61 Å². The van der Waals surface area contributed by atoms with E-state index in [0.29, 0.717) is 22.7 Å². The van der Waals surface area contributed by atoms with Gasteiger partial charge < -0.3 is 10.5 Å². The second-order valence-corrected chi connectivity index (χ2v) is 6.03. The summed E-state index contributed by atoms with van der Waals surface area (Å²) in [6.07, 6.45) is -9.79. The first kappa shape index (κ1) is 20.5. The van der Waals surface area contributed by atoms with Gasteiger partial charge in [0.25, 0.3) is 0 Å². The van der Waals surface area contributed by atoms with Crippen LogP contribution in [-0.2, 0) is 23.7 Å². The zero-order valence-corrected chi connectivity index (χ0v) is 13.9. The predicted octanol–water partition coefficient (Wildman–Crippen LogP) is 5.59. The molecular formula is C17H14ClF6NO. The van der Waals surface area contributed by atoms with E-state index in [1.165, 1.54) is 0 Å². The fraction of sp³-hybridized carbons (Fsp3) is 0.294. The smallest absolute Gasteiger partial charge is 0.375 e. The van der Waals surface area contributed by atoms with Crippen molar-refractivity contribution in [2.75, 3.05) is 6.61 Å². The topological polar surface area (TPSA) is 35.2 Å². The fourth-order valence-electron chi connectivity index (χ4n) is 2.24. The van der Waals surface area contributed by atoms with Crippen LogP contribution in [0, 0.1) is 0 Å².